The van der Waals surface area contributed by atoms with Crippen LogP contribution in [0.2, 0.25) is 0 Å². The molecule has 4 N–H and O–H groups in total. The number of rotatable bonds is 13. The van der Waals surface area contributed by atoms with E-state index in [1.807, 2.05) is 14.1 Å². The Labute approximate surface area is 229 Å². The lowest BCUT2D eigenvalue weighted by Crippen LogP contribution is -2.39. The van der Waals surface area contributed by atoms with Crippen molar-refractivity contribution in [2.45, 2.75) is 71.4 Å². The Kier molecular flexibility index (Phi) is 12.5. The van der Waals surface area contributed by atoms with Gasteiger partial charge in [-0.2, -0.15) is 0 Å². The van der Waals surface area contributed by atoms with Crippen LogP contribution in [0.3, 0.4) is 0 Å². The quantitative estimate of drug-likeness (QED) is 0.242. The molecule has 0 fully saturated rings. The van der Waals surface area contributed by atoms with E-state index in [0.717, 1.165) is 37.8 Å². The molecule has 0 bridgehead atoms. The van der Waals surface area contributed by atoms with Crippen molar-refractivity contribution in [1.82, 2.24) is 20.5 Å². The number of nitrogens with zero attached hydrogens (tertiary/aromatic N) is 2. The van der Waals surface area contributed by atoms with Gasteiger partial charge in [0.05, 0.1) is 17.4 Å². The number of urea groups is 1. The van der Waals surface area contributed by atoms with E-state index in [4.69, 9.17) is 4.74 Å². The first-order valence-corrected chi connectivity index (χ1v) is 14.0. The van der Waals surface area contributed by atoms with E-state index in [1.165, 1.54) is 11.3 Å². The van der Waals surface area contributed by atoms with E-state index in [2.05, 4.69) is 38.1 Å². The van der Waals surface area contributed by atoms with Crippen LogP contribution in [-0.2, 0) is 4.74 Å². The molecule has 0 spiro atoms. The summed E-state index contributed by atoms with van der Waals surface area (Å²) in [6, 6.07) is 2.97. The highest BCUT2D eigenvalue weighted by atomic mass is 32.1. The van der Waals surface area contributed by atoms with Crippen molar-refractivity contribution in [2.24, 2.45) is 0 Å². The van der Waals surface area contributed by atoms with Crippen molar-refractivity contribution in [3.63, 3.8) is 0 Å². The van der Waals surface area contributed by atoms with Crippen molar-refractivity contribution in [1.29, 1.82) is 0 Å². The molecule has 10 nitrogen and oxygen atoms in total. The van der Waals surface area contributed by atoms with Gasteiger partial charge in [-0.1, -0.05) is 32.3 Å². The third kappa shape index (κ3) is 11.5. The number of amides is 4. The Morgan fingerprint density at radius 3 is 2.37 bits per heavy atom. The average Bonchev–Trinajstić information content (AvgIpc) is 3.26. The smallest absolute Gasteiger partial charge is 0.412 e. The maximum Gasteiger partial charge on any atom is 0.412 e. The van der Waals surface area contributed by atoms with Crippen LogP contribution in [0.1, 0.15) is 81.9 Å². The highest BCUT2D eigenvalue weighted by Crippen LogP contribution is 2.28. The molecule has 2 rings (SSSR count). The van der Waals surface area contributed by atoms with Crippen LogP contribution in [0, 0.1) is 0 Å². The minimum Gasteiger partial charge on any atom is -0.444 e. The van der Waals surface area contributed by atoms with E-state index in [0.29, 0.717) is 24.3 Å². The topological polar surface area (TPSA) is 125 Å². The first-order valence-electron chi connectivity index (χ1n) is 13.0. The molecule has 11 heteroatoms. The molecule has 0 radical (unpaired) electrons. The molecule has 210 valence electrons. The molecular formula is C27H42N6O4S. The second-order valence-corrected chi connectivity index (χ2v) is 11.1. The number of hydrogen-bond acceptors (Lipinski definition) is 7. The number of unbranched alkanes of at least 4 members (excludes halogenated alkanes) is 3. The largest absolute Gasteiger partial charge is 0.444 e. The van der Waals surface area contributed by atoms with Gasteiger partial charge in [0.1, 0.15) is 11.3 Å². The lowest BCUT2D eigenvalue weighted by atomic mass is 10.1. The van der Waals surface area contributed by atoms with Crippen LogP contribution in [-0.4, -0.2) is 60.7 Å². The number of carbonyl (C=O) groups excluding carboxylic acids is 3. The lowest BCUT2D eigenvalue weighted by Gasteiger charge is -2.21. The monoisotopic (exact) mass is 546 g/mol. The second-order valence-electron chi connectivity index (χ2n) is 10.4. The first kappa shape index (κ1) is 31.0. The minimum atomic E-state index is -0.635. The number of pyridine rings is 1. The van der Waals surface area contributed by atoms with E-state index >= 15 is 0 Å². The van der Waals surface area contributed by atoms with Crippen LogP contribution in [0.25, 0.3) is 0 Å². The zero-order valence-corrected chi connectivity index (χ0v) is 24.2. The van der Waals surface area contributed by atoms with Gasteiger partial charge in [0.2, 0.25) is 0 Å². The van der Waals surface area contributed by atoms with Gasteiger partial charge in [-0.05, 0) is 65.9 Å². The summed E-state index contributed by atoms with van der Waals surface area (Å²) in [5, 5.41) is 14.8. The number of carbonyl (C=O) groups is 3. The van der Waals surface area contributed by atoms with Crippen LogP contribution in [0.15, 0.2) is 29.1 Å². The average molecular weight is 547 g/mol. The molecule has 0 aliphatic carbocycles. The van der Waals surface area contributed by atoms with E-state index in [-0.39, 0.29) is 17.8 Å². The standard InChI is InChI=1S/C27H42N6O4S/c1-7-8-9-10-14-28-25(35)31-20(13-15-33(5)6)19-11-12-21(29-16-19)24(34)30-22-17-38-18-23(22)32-26(36)37-27(2,3)4/h11-12,16-18,20H,7-10,13-15H2,1-6H3,(H,30,34)(H,32,36)(H2,28,31,35). The van der Waals surface area contributed by atoms with Gasteiger partial charge in [0.15, 0.2) is 0 Å². The van der Waals surface area contributed by atoms with Gasteiger partial charge in [-0.25, -0.2) is 9.59 Å². The van der Waals surface area contributed by atoms with Gasteiger partial charge in [0, 0.05) is 23.5 Å². The Hall–Kier alpha value is -3.18. The summed E-state index contributed by atoms with van der Waals surface area (Å²) in [4.78, 5) is 43.8. The molecule has 1 unspecified atom stereocenters. The summed E-state index contributed by atoms with van der Waals surface area (Å²) in [5.41, 5.74) is 1.30. The van der Waals surface area contributed by atoms with E-state index in [1.54, 1.807) is 49.9 Å². The third-order valence-corrected chi connectivity index (χ3v) is 6.20. The molecule has 0 aliphatic rings. The van der Waals surface area contributed by atoms with Gasteiger partial charge < -0.3 is 25.6 Å². The Bertz CT molecular complexity index is 1030. The number of nitrogens with one attached hydrogen (secondary N) is 4. The predicted molar refractivity (Wildman–Crippen MR) is 153 cm³/mol. The van der Waals surface area contributed by atoms with Crippen molar-refractivity contribution in [2.75, 3.05) is 37.8 Å². The Morgan fingerprint density at radius 1 is 1.05 bits per heavy atom. The SMILES string of the molecule is CCCCCCNC(=O)NC(CCN(C)C)c1ccc(C(=O)Nc2cscc2NC(=O)OC(C)(C)C)nc1. The summed E-state index contributed by atoms with van der Waals surface area (Å²) in [5.74, 6) is -0.412. The molecule has 0 saturated carbocycles. The molecule has 2 aromatic rings. The predicted octanol–water partition coefficient (Wildman–Crippen LogP) is 5.61. The number of ether oxygens (including phenoxy) is 1. The van der Waals surface area contributed by atoms with E-state index in [9.17, 15) is 14.4 Å². The molecule has 38 heavy (non-hydrogen) atoms. The first-order chi connectivity index (χ1) is 18.0. The summed E-state index contributed by atoms with van der Waals surface area (Å²) in [6.45, 7) is 8.90. The Balaban J connectivity index is 2.01. The zero-order chi connectivity index (χ0) is 28.1. The molecule has 2 heterocycles. The zero-order valence-electron chi connectivity index (χ0n) is 23.3. The molecule has 0 saturated heterocycles. The molecular weight excluding hydrogens is 504 g/mol. The molecule has 0 aromatic carbocycles. The fraction of sp³-hybridized carbons (Fsp3) is 0.556. The summed E-state index contributed by atoms with van der Waals surface area (Å²) in [6.07, 6.45) is 6.07. The number of aromatic nitrogens is 1. The maximum atomic E-state index is 12.8. The fourth-order valence-electron chi connectivity index (χ4n) is 3.51. The minimum absolute atomic E-state index is 0.213. The Morgan fingerprint density at radius 2 is 1.76 bits per heavy atom. The van der Waals surface area contributed by atoms with Gasteiger partial charge >= 0.3 is 12.1 Å². The van der Waals surface area contributed by atoms with Crippen LogP contribution in [0.5, 0.6) is 0 Å². The summed E-state index contributed by atoms with van der Waals surface area (Å²) >= 11 is 1.34. The maximum absolute atomic E-state index is 12.8. The third-order valence-electron chi connectivity index (χ3n) is 5.45. The van der Waals surface area contributed by atoms with Crippen molar-refractivity contribution >= 4 is 40.7 Å². The molecule has 4 amide bonds. The second kappa shape index (κ2) is 15.3. The van der Waals surface area contributed by atoms with Crippen molar-refractivity contribution in [3.8, 4) is 0 Å². The van der Waals surface area contributed by atoms with Crippen LogP contribution in [0.4, 0.5) is 21.0 Å². The number of anilines is 2. The van der Waals surface area contributed by atoms with Crippen molar-refractivity contribution < 1.29 is 19.1 Å². The van der Waals surface area contributed by atoms with Gasteiger partial charge in [0.25, 0.3) is 5.91 Å². The normalized spacial score (nSPS) is 12.1. The van der Waals surface area contributed by atoms with E-state index < -0.39 is 17.6 Å². The summed E-state index contributed by atoms with van der Waals surface area (Å²) < 4.78 is 5.28. The number of thiophene rings is 1. The molecule has 2 aromatic heterocycles. The van der Waals surface area contributed by atoms with Crippen LogP contribution >= 0.6 is 11.3 Å². The fourth-order valence-corrected chi connectivity index (χ4v) is 4.22. The summed E-state index contributed by atoms with van der Waals surface area (Å²) in [7, 11) is 3.96. The van der Waals surface area contributed by atoms with Crippen molar-refractivity contribution in [3.05, 3.63) is 40.3 Å². The number of hydrogen-bond donors (Lipinski definition) is 4. The molecule has 1 atom stereocenters. The lowest BCUT2D eigenvalue weighted by molar-refractivity contribution is 0.0635. The van der Waals surface area contributed by atoms with Gasteiger partial charge in [-0.15, -0.1) is 11.3 Å². The molecule has 0 aliphatic heterocycles. The highest BCUT2D eigenvalue weighted by molar-refractivity contribution is 7.09. The van der Waals surface area contributed by atoms with Crippen LogP contribution < -0.4 is 21.3 Å². The van der Waals surface area contributed by atoms with Gasteiger partial charge in [-0.3, -0.25) is 15.1 Å². The highest BCUT2D eigenvalue weighted by Gasteiger charge is 2.20.